The molecule has 0 saturated carbocycles. The van der Waals surface area contributed by atoms with Gasteiger partial charge in [-0.05, 0) is 23.8 Å². The highest BCUT2D eigenvalue weighted by Crippen LogP contribution is 2.07. The van der Waals surface area contributed by atoms with E-state index in [-0.39, 0.29) is 5.91 Å². The number of carbonyl (C=O) groups is 1. The molecule has 0 saturated heterocycles. The molecule has 0 aliphatic carbocycles. The van der Waals surface area contributed by atoms with Crippen LogP contribution in [-0.4, -0.2) is 27.8 Å². The van der Waals surface area contributed by atoms with Gasteiger partial charge >= 0.3 is 0 Å². The Labute approximate surface area is 105 Å². The van der Waals surface area contributed by atoms with Crippen LogP contribution in [0, 0.1) is 0 Å². The van der Waals surface area contributed by atoms with Gasteiger partial charge < -0.3 is 10.6 Å². The van der Waals surface area contributed by atoms with Crippen LogP contribution in [0.15, 0.2) is 42.7 Å². The fraction of sp³-hybridized carbons (Fsp3) is 0.154. The van der Waals surface area contributed by atoms with Gasteiger partial charge in [0.2, 0.25) is 0 Å². The molecule has 2 heterocycles. The quantitative estimate of drug-likeness (QED) is 0.881. The van der Waals surface area contributed by atoms with Gasteiger partial charge in [-0.2, -0.15) is 0 Å². The van der Waals surface area contributed by atoms with Crippen molar-refractivity contribution < 1.29 is 4.79 Å². The van der Waals surface area contributed by atoms with Crippen LogP contribution < -0.4 is 5.73 Å². The molecule has 0 aliphatic heterocycles. The Hall–Kier alpha value is -2.43. The van der Waals surface area contributed by atoms with Crippen molar-refractivity contribution in [1.82, 2.24) is 14.9 Å². The molecule has 92 valence electrons. The van der Waals surface area contributed by atoms with E-state index >= 15 is 0 Å². The summed E-state index contributed by atoms with van der Waals surface area (Å²) in [6.07, 6.45) is 3.43. The van der Waals surface area contributed by atoms with E-state index < -0.39 is 0 Å². The number of hydrogen-bond donors (Lipinski definition) is 1. The van der Waals surface area contributed by atoms with Crippen LogP contribution in [-0.2, 0) is 6.54 Å². The SMILES string of the molecule is CN(Cc1cccnc1)C(=O)c1cccc(N)n1. The molecule has 0 fully saturated rings. The van der Waals surface area contributed by atoms with Crippen LogP contribution in [0.5, 0.6) is 0 Å². The zero-order chi connectivity index (χ0) is 13.0. The van der Waals surface area contributed by atoms with Gasteiger partial charge in [0.05, 0.1) is 0 Å². The number of rotatable bonds is 3. The Morgan fingerprint density at radius 2 is 2.17 bits per heavy atom. The molecular weight excluding hydrogens is 228 g/mol. The molecular formula is C13H14N4O. The number of aromatic nitrogens is 2. The third kappa shape index (κ3) is 2.82. The van der Waals surface area contributed by atoms with E-state index in [0.29, 0.717) is 18.1 Å². The van der Waals surface area contributed by atoms with Gasteiger partial charge in [0, 0.05) is 26.0 Å². The summed E-state index contributed by atoms with van der Waals surface area (Å²) in [7, 11) is 1.72. The lowest BCUT2D eigenvalue weighted by atomic mass is 10.2. The summed E-state index contributed by atoms with van der Waals surface area (Å²) < 4.78 is 0. The van der Waals surface area contributed by atoms with Crippen molar-refractivity contribution in [2.24, 2.45) is 0 Å². The predicted molar refractivity (Wildman–Crippen MR) is 68.7 cm³/mol. The highest BCUT2D eigenvalue weighted by Gasteiger charge is 2.13. The molecule has 0 spiro atoms. The second-order valence-electron chi connectivity index (χ2n) is 3.97. The summed E-state index contributed by atoms with van der Waals surface area (Å²) in [5.74, 6) is 0.182. The van der Waals surface area contributed by atoms with Crippen molar-refractivity contribution >= 4 is 11.7 Å². The monoisotopic (exact) mass is 242 g/mol. The largest absolute Gasteiger partial charge is 0.384 e. The third-order valence-corrected chi connectivity index (χ3v) is 2.48. The Morgan fingerprint density at radius 1 is 1.33 bits per heavy atom. The molecule has 2 N–H and O–H groups in total. The summed E-state index contributed by atoms with van der Waals surface area (Å²) >= 11 is 0. The molecule has 5 nitrogen and oxygen atoms in total. The fourth-order valence-corrected chi connectivity index (χ4v) is 1.60. The van der Waals surface area contributed by atoms with Crippen molar-refractivity contribution in [2.45, 2.75) is 6.54 Å². The zero-order valence-corrected chi connectivity index (χ0v) is 10.1. The predicted octanol–water partition coefficient (Wildman–Crippen LogP) is 1.33. The van der Waals surface area contributed by atoms with Crippen molar-refractivity contribution in [3.8, 4) is 0 Å². The van der Waals surface area contributed by atoms with E-state index in [9.17, 15) is 4.79 Å². The first-order valence-electron chi connectivity index (χ1n) is 5.54. The highest BCUT2D eigenvalue weighted by atomic mass is 16.2. The normalized spacial score (nSPS) is 10.1. The van der Waals surface area contributed by atoms with Crippen molar-refractivity contribution in [1.29, 1.82) is 0 Å². The van der Waals surface area contributed by atoms with Crippen molar-refractivity contribution in [2.75, 3.05) is 12.8 Å². The van der Waals surface area contributed by atoms with Crippen LogP contribution in [0.3, 0.4) is 0 Å². The van der Waals surface area contributed by atoms with E-state index in [2.05, 4.69) is 9.97 Å². The number of carbonyl (C=O) groups excluding carboxylic acids is 1. The zero-order valence-electron chi connectivity index (χ0n) is 10.1. The molecule has 0 radical (unpaired) electrons. The second kappa shape index (κ2) is 5.27. The molecule has 1 amide bonds. The Bertz CT molecular complexity index is 542. The van der Waals surface area contributed by atoms with Crippen molar-refractivity contribution in [3.05, 3.63) is 54.0 Å². The van der Waals surface area contributed by atoms with Crippen LogP contribution in [0.1, 0.15) is 16.1 Å². The van der Waals surface area contributed by atoms with E-state index in [0.717, 1.165) is 5.56 Å². The maximum Gasteiger partial charge on any atom is 0.272 e. The number of nitrogen functional groups attached to an aromatic ring is 1. The Kier molecular flexibility index (Phi) is 3.52. The average molecular weight is 242 g/mol. The number of hydrogen-bond acceptors (Lipinski definition) is 4. The Morgan fingerprint density at radius 3 is 2.83 bits per heavy atom. The van der Waals surface area contributed by atoms with Crippen LogP contribution in [0.25, 0.3) is 0 Å². The smallest absolute Gasteiger partial charge is 0.272 e. The van der Waals surface area contributed by atoms with E-state index in [1.165, 1.54) is 0 Å². The van der Waals surface area contributed by atoms with Gasteiger partial charge in [-0.3, -0.25) is 9.78 Å². The lowest BCUT2D eigenvalue weighted by molar-refractivity contribution is 0.0779. The molecule has 0 aromatic carbocycles. The van der Waals surface area contributed by atoms with Gasteiger partial charge in [-0.15, -0.1) is 0 Å². The summed E-state index contributed by atoms with van der Waals surface area (Å²) in [6.45, 7) is 0.489. The lowest BCUT2D eigenvalue weighted by Crippen LogP contribution is -2.27. The summed E-state index contributed by atoms with van der Waals surface area (Å²) in [4.78, 5) is 21.7. The molecule has 0 bridgehead atoms. The molecule has 2 rings (SSSR count). The van der Waals surface area contributed by atoms with Gasteiger partial charge in [0.1, 0.15) is 11.5 Å². The number of anilines is 1. The second-order valence-corrected chi connectivity index (χ2v) is 3.97. The Balaban J connectivity index is 2.10. The maximum absolute atomic E-state index is 12.1. The minimum atomic E-state index is -0.161. The minimum Gasteiger partial charge on any atom is -0.384 e. The summed E-state index contributed by atoms with van der Waals surface area (Å²) in [5.41, 5.74) is 6.88. The first-order valence-corrected chi connectivity index (χ1v) is 5.54. The molecule has 2 aromatic rings. The molecule has 5 heteroatoms. The number of pyridine rings is 2. The van der Waals surface area contributed by atoms with Crippen LogP contribution in [0.2, 0.25) is 0 Å². The van der Waals surface area contributed by atoms with E-state index in [4.69, 9.17) is 5.73 Å². The van der Waals surface area contributed by atoms with E-state index in [1.54, 1.807) is 42.5 Å². The molecule has 0 unspecified atom stereocenters. The van der Waals surface area contributed by atoms with Crippen LogP contribution >= 0.6 is 0 Å². The van der Waals surface area contributed by atoms with Gasteiger partial charge in [-0.25, -0.2) is 4.98 Å². The first kappa shape index (κ1) is 12.0. The summed E-state index contributed by atoms with van der Waals surface area (Å²) in [5, 5.41) is 0. The highest BCUT2D eigenvalue weighted by molar-refractivity contribution is 5.92. The fourth-order valence-electron chi connectivity index (χ4n) is 1.60. The molecule has 18 heavy (non-hydrogen) atoms. The molecule has 0 aliphatic rings. The first-order chi connectivity index (χ1) is 8.66. The maximum atomic E-state index is 12.1. The summed E-state index contributed by atoms with van der Waals surface area (Å²) in [6, 6.07) is 8.78. The number of nitrogens with zero attached hydrogens (tertiary/aromatic N) is 3. The minimum absolute atomic E-state index is 0.161. The van der Waals surface area contributed by atoms with Gasteiger partial charge in [0.25, 0.3) is 5.91 Å². The third-order valence-electron chi connectivity index (χ3n) is 2.48. The standard InChI is InChI=1S/C13H14N4O/c1-17(9-10-4-3-7-15-8-10)13(18)11-5-2-6-12(14)16-11/h2-8H,9H2,1H3,(H2,14,16). The topological polar surface area (TPSA) is 72.1 Å². The number of nitrogens with two attached hydrogens (primary N) is 1. The molecule has 0 atom stereocenters. The molecule has 2 aromatic heterocycles. The van der Waals surface area contributed by atoms with E-state index in [1.807, 2.05) is 12.1 Å². The van der Waals surface area contributed by atoms with Gasteiger partial charge in [0.15, 0.2) is 0 Å². The van der Waals surface area contributed by atoms with Crippen LogP contribution in [0.4, 0.5) is 5.82 Å². The lowest BCUT2D eigenvalue weighted by Gasteiger charge is -2.16. The average Bonchev–Trinajstić information content (AvgIpc) is 2.39. The van der Waals surface area contributed by atoms with Gasteiger partial charge in [-0.1, -0.05) is 12.1 Å². The van der Waals surface area contributed by atoms with Crippen molar-refractivity contribution in [3.63, 3.8) is 0 Å². The number of amides is 1.